The summed E-state index contributed by atoms with van der Waals surface area (Å²) in [6, 6.07) is 19.2. The predicted octanol–water partition coefficient (Wildman–Crippen LogP) is 1.96. The first-order valence-corrected chi connectivity index (χ1v) is 11.3. The molecular formula is C25H25N3O9. The van der Waals surface area contributed by atoms with E-state index in [9.17, 15) is 24.6 Å². The zero-order chi connectivity index (χ0) is 26.2. The highest BCUT2D eigenvalue weighted by Crippen LogP contribution is 2.31. The molecule has 1 fully saturated rings. The fraction of sp³-hybridized carbons (Fsp3) is 0.280. The lowest BCUT2D eigenvalue weighted by atomic mass is 10.1. The Morgan fingerprint density at radius 3 is 2.19 bits per heavy atom. The van der Waals surface area contributed by atoms with E-state index in [0.717, 1.165) is 15.7 Å². The smallest absolute Gasteiger partial charge is 0.444 e. The van der Waals surface area contributed by atoms with E-state index >= 15 is 0 Å². The lowest BCUT2D eigenvalue weighted by molar-refractivity contribution is -0.0675. The van der Waals surface area contributed by atoms with Crippen molar-refractivity contribution in [3.63, 3.8) is 0 Å². The van der Waals surface area contributed by atoms with Gasteiger partial charge in [-0.3, -0.25) is 9.88 Å². The quantitative estimate of drug-likeness (QED) is 0.382. The number of rotatable bonds is 8. The predicted molar refractivity (Wildman–Crippen MR) is 127 cm³/mol. The van der Waals surface area contributed by atoms with Crippen LogP contribution in [0, 0.1) is 0 Å². The number of aliphatic hydroxyl groups excluding tert-OH is 2. The molecule has 2 aromatic carbocycles. The molecule has 1 saturated heterocycles. The standard InChI is InChI=1S/C25H25N3O9/c29-13-18-20(30)21(37-25(33)35-15-17-9-5-2-6-10-17)22(36-18)28-12-11-19(26-23(28)31)27-24(32)34-14-16-7-3-1-4-8-16/h1-12,18,20-22,29-30H,13-15H2,(H,26,27,31,32)/t18-,20-,21+,22-/m1/s1. The summed E-state index contributed by atoms with van der Waals surface area (Å²) < 4.78 is 22.0. The second kappa shape index (κ2) is 12.1. The highest BCUT2D eigenvalue weighted by atomic mass is 16.7. The number of hydrogen-bond donors (Lipinski definition) is 3. The number of carbonyl (C=O) groups excluding carboxylic acids is 2. The Labute approximate surface area is 211 Å². The number of aliphatic hydroxyl groups is 2. The van der Waals surface area contributed by atoms with Crippen molar-refractivity contribution in [2.24, 2.45) is 0 Å². The Balaban J connectivity index is 1.40. The van der Waals surface area contributed by atoms with E-state index < -0.39 is 49.1 Å². The zero-order valence-corrected chi connectivity index (χ0v) is 19.5. The van der Waals surface area contributed by atoms with Gasteiger partial charge in [0.1, 0.15) is 31.2 Å². The highest BCUT2D eigenvalue weighted by Gasteiger charge is 2.47. The van der Waals surface area contributed by atoms with Gasteiger partial charge in [0.25, 0.3) is 0 Å². The lowest BCUT2D eigenvalue weighted by Gasteiger charge is -2.21. The molecule has 0 spiro atoms. The van der Waals surface area contributed by atoms with Gasteiger partial charge in [-0.15, -0.1) is 0 Å². The fourth-order valence-electron chi connectivity index (χ4n) is 3.62. The molecule has 37 heavy (non-hydrogen) atoms. The summed E-state index contributed by atoms with van der Waals surface area (Å²) in [4.78, 5) is 40.8. The van der Waals surface area contributed by atoms with Gasteiger partial charge < -0.3 is 29.2 Å². The highest BCUT2D eigenvalue weighted by molar-refractivity contribution is 5.83. The van der Waals surface area contributed by atoms with E-state index in [-0.39, 0.29) is 19.0 Å². The number of nitrogens with zero attached hydrogens (tertiary/aromatic N) is 2. The molecular weight excluding hydrogens is 486 g/mol. The minimum atomic E-state index is -1.45. The first kappa shape index (κ1) is 25.8. The molecule has 3 aromatic rings. The van der Waals surface area contributed by atoms with Crippen LogP contribution >= 0.6 is 0 Å². The second-order valence-electron chi connectivity index (χ2n) is 8.03. The second-order valence-corrected chi connectivity index (χ2v) is 8.03. The van der Waals surface area contributed by atoms with Crippen molar-refractivity contribution in [1.82, 2.24) is 9.55 Å². The number of anilines is 1. The van der Waals surface area contributed by atoms with Crippen LogP contribution in [0.5, 0.6) is 0 Å². The van der Waals surface area contributed by atoms with Crippen LogP contribution in [-0.2, 0) is 32.2 Å². The van der Waals surface area contributed by atoms with Crippen molar-refractivity contribution >= 4 is 18.1 Å². The van der Waals surface area contributed by atoms with Crippen LogP contribution in [0.3, 0.4) is 0 Å². The van der Waals surface area contributed by atoms with Crippen molar-refractivity contribution in [1.29, 1.82) is 0 Å². The maximum atomic E-state index is 12.7. The molecule has 0 unspecified atom stereocenters. The molecule has 3 N–H and O–H groups in total. The van der Waals surface area contributed by atoms with Crippen LogP contribution in [0.1, 0.15) is 17.4 Å². The third-order valence-corrected chi connectivity index (χ3v) is 5.47. The molecule has 2 heterocycles. The third-order valence-electron chi connectivity index (χ3n) is 5.47. The van der Waals surface area contributed by atoms with Crippen molar-refractivity contribution < 1.29 is 38.7 Å². The largest absolute Gasteiger partial charge is 0.509 e. The minimum Gasteiger partial charge on any atom is -0.444 e. The summed E-state index contributed by atoms with van der Waals surface area (Å²) in [7, 11) is 0. The molecule has 0 radical (unpaired) electrons. The van der Waals surface area contributed by atoms with Crippen LogP contribution in [0.4, 0.5) is 15.4 Å². The first-order valence-electron chi connectivity index (χ1n) is 11.3. The molecule has 1 aromatic heterocycles. The average molecular weight is 511 g/mol. The maximum absolute atomic E-state index is 12.7. The number of carbonyl (C=O) groups is 2. The molecule has 1 aliphatic heterocycles. The van der Waals surface area contributed by atoms with Crippen molar-refractivity contribution in [3.8, 4) is 0 Å². The molecule has 0 saturated carbocycles. The van der Waals surface area contributed by atoms with Crippen LogP contribution in [-0.4, -0.2) is 56.9 Å². The fourth-order valence-corrected chi connectivity index (χ4v) is 3.62. The summed E-state index contributed by atoms with van der Waals surface area (Å²) >= 11 is 0. The van der Waals surface area contributed by atoms with E-state index in [1.54, 1.807) is 48.5 Å². The van der Waals surface area contributed by atoms with Gasteiger partial charge in [0.2, 0.25) is 0 Å². The van der Waals surface area contributed by atoms with Crippen molar-refractivity contribution in [2.45, 2.75) is 37.8 Å². The number of hydrogen-bond acceptors (Lipinski definition) is 10. The number of nitrogens with one attached hydrogen (secondary N) is 1. The number of benzene rings is 2. The van der Waals surface area contributed by atoms with E-state index in [1.165, 1.54) is 12.3 Å². The zero-order valence-electron chi connectivity index (χ0n) is 19.5. The van der Waals surface area contributed by atoms with E-state index in [1.807, 2.05) is 12.1 Å². The van der Waals surface area contributed by atoms with Gasteiger partial charge in [-0.2, -0.15) is 4.98 Å². The van der Waals surface area contributed by atoms with E-state index in [4.69, 9.17) is 18.9 Å². The number of amides is 1. The first-order chi connectivity index (χ1) is 17.9. The summed E-state index contributed by atoms with van der Waals surface area (Å²) in [6.07, 6.45) is -5.94. The maximum Gasteiger partial charge on any atom is 0.509 e. The SMILES string of the molecule is O=C(Nc1ccn([C@@H]2O[C@H](CO)[C@@H](O)[C@@H]2OC(=O)OCc2ccccc2)c(=O)n1)OCc1ccccc1. The molecule has 0 aliphatic carbocycles. The van der Waals surface area contributed by atoms with Crippen LogP contribution < -0.4 is 11.0 Å². The Hall–Kier alpha value is -4.26. The van der Waals surface area contributed by atoms with Gasteiger partial charge >= 0.3 is 17.9 Å². The summed E-state index contributed by atoms with van der Waals surface area (Å²) in [5.74, 6) is -0.0868. The van der Waals surface area contributed by atoms with Gasteiger partial charge in [0.15, 0.2) is 12.3 Å². The average Bonchev–Trinajstić information content (AvgIpc) is 3.22. The van der Waals surface area contributed by atoms with Gasteiger partial charge in [-0.25, -0.2) is 14.4 Å². The van der Waals surface area contributed by atoms with Gasteiger partial charge in [-0.05, 0) is 17.2 Å². The molecule has 1 aliphatic rings. The van der Waals surface area contributed by atoms with Crippen molar-refractivity contribution in [3.05, 3.63) is 94.5 Å². The molecule has 0 bridgehead atoms. The molecule has 1 amide bonds. The molecule has 4 atom stereocenters. The summed E-state index contributed by atoms with van der Waals surface area (Å²) in [5.41, 5.74) is 0.630. The Morgan fingerprint density at radius 1 is 0.973 bits per heavy atom. The molecule has 4 rings (SSSR count). The monoisotopic (exact) mass is 511 g/mol. The van der Waals surface area contributed by atoms with Gasteiger partial charge in [-0.1, -0.05) is 60.7 Å². The van der Waals surface area contributed by atoms with E-state index in [2.05, 4.69) is 10.3 Å². The van der Waals surface area contributed by atoms with E-state index in [0.29, 0.717) is 0 Å². The van der Waals surface area contributed by atoms with Crippen molar-refractivity contribution in [2.75, 3.05) is 11.9 Å². The normalized spacial score (nSPS) is 20.7. The Bertz CT molecular complexity index is 1250. The lowest BCUT2D eigenvalue weighted by Crippen LogP contribution is -2.39. The summed E-state index contributed by atoms with van der Waals surface area (Å²) in [6.45, 7) is -0.634. The number of ether oxygens (including phenoxy) is 4. The molecule has 12 nitrogen and oxygen atoms in total. The molecule has 194 valence electrons. The third kappa shape index (κ3) is 6.70. The Morgan fingerprint density at radius 2 is 1.59 bits per heavy atom. The molecule has 12 heteroatoms. The topological polar surface area (TPSA) is 158 Å². The van der Waals surface area contributed by atoms with Crippen LogP contribution in [0.15, 0.2) is 77.7 Å². The van der Waals surface area contributed by atoms with Crippen LogP contribution in [0.2, 0.25) is 0 Å². The Kier molecular flexibility index (Phi) is 8.46. The minimum absolute atomic E-state index is 0.0273. The van der Waals surface area contributed by atoms with Gasteiger partial charge in [0.05, 0.1) is 6.61 Å². The van der Waals surface area contributed by atoms with Gasteiger partial charge in [0, 0.05) is 6.20 Å². The number of aromatic nitrogens is 2. The summed E-state index contributed by atoms with van der Waals surface area (Å²) in [5, 5.41) is 22.4. The van der Waals surface area contributed by atoms with Crippen LogP contribution in [0.25, 0.3) is 0 Å².